The molecule has 0 N–H and O–H groups in total. The van der Waals surface area contributed by atoms with Gasteiger partial charge >= 0.3 is 0 Å². The van der Waals surface area contributed by atoms with Crippen molar-refractivity contribution in [2.45, 2.75) is 51.1 Å². The molecule has 1 aromatic carbocycles. The van der Waals surface area contributed by atoms with E-state index in [2.05, 4.69) is 50.8 Å². The number of benzene rings is 1. The highest BCUT2D eigenvalue weighted by Gasteiger charge is 2.30. The smallest absolute Gasteiger partial charge is 0.236 e. The van der Waals surface area contributed by atoms with E-state index in [1.807, 2.05) is 11.0 Å². The van der Waals surface area contributed by atoms with Crippen molar-refractivity contribution in [3.63, 3.8) is 0 Å². The number of anilines is 1. The molecule has 40 heavy (non-hydrogen) atoms. The standard InChI is InChI=1S/C30H33FN8O/c1-20-17-37(27-7-5-23(15-32)39-30(27)25(31)16-33-39)18-28-24-6-4-22(14-26(24)34-38(20)28)21-8-12-36(13-9-21)29(40)19-35-10-2-3-11-35/h4-7,14,16,20-21H,2-3,8-13,17-19H2,1H3/t20-/m1/s1. The Morgan fingerprint density at radius 1 is 1.12 bits per heavy atom. The highest BCUT2D eigenvalue weighted by molar-refractivity contribution is 5.84. The lowest BCUT2D eigenvalue weighted by Crippen LogP contribution is -2.43. The number of hydrogen-bond donors (Lipinski definition) is 0. The Balaban J connectivity index is 1.11. The molecule has 4 aromatic rings. The molecule has 7 rings (SSSR count). The molecule has 6 heterocycles. The first-order valence-electron chi connectivity index (χ1n) is 14.3. The molecule has 0 spiro atoms. The fourth-order valence-electron chi connectivity index (χ4n) is 6.86. The number of pyridine rings is 1. The van der Waals surface area contributed by atoms with Crippen molar-refractivity contribution >= 4 is 28.0 Å². The van der Waals surface area contributed by atoms with Crippen LogP contribution in [0.5, 0.6) is 0 Å². The van der Waals surface area contributed by atoms with E-state index >= 15 is 0 Å². The van der Waals surface area contributed by atoms with Crippen LogP contribution >= 0.6 is 0 Å². The Morgan fingerprint density at radius 3 is 2.70 bits per heavy atom. The second-order valence-corrected chi connectivity index (χ2v) is 11.5. The second-order valence-electron chi connectivity index (χ2n) is 11.5. The average molecular weight is 541 g/mol. The van der Waals surface area contributed by atoms with Crippen molar-refractivity contribution < 1.29 is 9.18 Å². The van der Waals surface area contributed by atoms with Crippen LogP contribution in [0.2, 0.25) is 0 Å². The Hall–Kier alpha value is -3.97. The van der Waals surface area contributed by atoms with Crippen molar-refractivity contribution in [1.82, 2.24) is 29.2 Å². The van der Waals surface area contributed by atoms with Gasteiger partial charge in [0.25, 0.3) is 0 Å². The number of piperidine rings is 1. The van der Waals surface area contributed by atoms with Crippen molar-refractivity contribution in [3.8, 4) is 6.07 Å². The molecule has 1 atom stereocenters. The average Bonchev–Trinajstić information content (AvgIpc) is 3.72. The van der Waals surface area contributed by atoms with Gasteiger partial charge in [-0.2, -0.15) is 15.5 Å². The molecule has 0 radical (unpaired) electrons. The predicted molar refractivity (Wildman–Crippen MR) is 150 cm³/mol. The van der Waals surface area contributed by atoms with Gasteiger partial charge in [-0.25, -0.2) is 8.91 Å². The number of nitrogens with zero attached hydrogens (tertiary/aromatic N) is 8. The van der Waals surface area contributed by atoms with Gasteiger partial charge in [0, 0.05) is 25.0 Å². The summed E-state index contributed by atoms with van der Waals surface area (Å²) >= 11 is 0. The molecule has 206 valence electrons. The number of hydrogen-bond acceptors (Lipinski definition) is 6. The first-order valence-corrected chi connectivity index (χ1v) is 14.3. The minimum absolute atomic E-state index is 0.0890. The number of nitriles is 1. The lowest BCUT2D eigenvalue weighted by Gasteiger charge is -2.34. The second kappa shape index (κ2) is 9.89. The van der Waals surface area contributed by atoms with Crippen molar-refractivity contribution in [1.29, 1.82) is 5.26 Å². The number of rotatable bonds is 4. The van der Waals surface area contributed by atoms with Crippen molar-refractivity contribution in [2.75, 3.05) is 44.2 Å². The summed E-state index contributed by atoms with van der Waals surface area (Å²) in [6.45, 7) is 7.67. The molecular formula is C30H33FN8O. The highest BCUT2D eigenvalue weighted by Crippen LogP contribution is 2.36. The summed E-state index contributed by atoms with van der Waals surface area (Å²) in [5, 5.41) is 19.6. The normalized spacial score (nSPS) is 20.4. The summed E-state index contributed by atoms with van der Waals surface area (Å²) in [7, 11) is 0. The van der Waals surface area contributed by atoms with Gasteiger partial charge in [-0.15, -0.1) is 0 Å². The Kier molecular flexibility index (Phi) is 6.19. The van der Waals surface area contributed by atoms with E-state index in [-0.39, 0.29) is 11.9 Å². The Bertz CT molecular complexity index is 1640. The number of fused-ring (bicyclic) bond motifs is 4. The Labute approximate surface area is 232 Å². The molecule has 2 saturated heterocycles. The molecule has 1 amide bonds. The third kappa shape index (κ3) is 4.20. The number of aromatic nitrogens is 4. The van der Waals surface area contributed by atoms with Crippen LogP contribution in [0.4, 0.5) is 10.1 Å². The zero-order valence-corrected chi connectivity index (χ0v) is 22.8. The third-order valence-corrected chi connectivity index (χ3v) is 8.99. The maximum atomic E-state index is 14.8. The predicted octanol–water partition coefficient (Wildman–Crippen LogP) is 4.08. The number of halogens is 1. The summed E-state index contributed by atoms with van der Waals surface area (Å²) in [6, 6.07) is 12.3. The number of amides is 1. The van der Waals surface area contributed by atoms with Crippen LogP contribution in [0.3, 0.4) is 0 Å². The largest absolute Gasteiger partial charge is 0.362 e. The Morgan fingerprint density at radius 2 is 1.93 bits per heavy atom. The van der Waals surface area contributed by atoms with Gasteiger partial charge in [0.2, 0.25) is 5.91 Å². The monoisotopic (exact) mass is 540 g/mol. The molecule has 0 unspecified atom stereocenters. The fourth-order valence-corrected chi connectivity index (χ4v) is 6.86. The van der Waals surface area contributed by atoms with Crippen LogP contribution in [0.1, 0.15) is 61.5 Å². The van der Waals surface area contributed by atoms with Gasteiger partial charge in [-0.3, -0.25) is 14.4 Å². The summed E-state index contributed by atoms with van der Waals surface area (Å²) in [6.07, 6.45) is 5.52. The number of carbonyl (C=O) groups is 1. The third-order valence-electron chi connectivity index (χ3n) is 8.99. The molecule has 3 aliphatic rings. The van der Waals surface area contributed by atoms with E-state index in [1.54, 1.807) is 6.07 Å². The van der Waals surface area contributed by atoms with E-state index in [9.17, 15) is 14.4 Å². The molecule has 9 nitrogen and oxygen atoms in total. The summed E-state index contributed by atoms with van der Waals surface area (Å²) in [4.78, 5) is 19.3. The SMILES string of the molecule is C[C@@H]1CN(c2ccc(C#N)n3ncc(F)c23)Cc2c3ccc(C4CCN(C(=O)CN5CCCC5)CC4)cc3nn21. The van der Waals surface area contributed by atoms with Gasteiger partial charge in [-0.1, -0.05) is 12.1 Å². The minimum atomic E-state index is -0.433. The molecular weight excluding hydrogens is 507 g/mol. The van der Waals surface area contributed by atoms with Crippen LogP contribution < -0.4 is 4.90 Å². The summed E-state index contributed by atoms with van der Waals surface area (Å²) < 4.78 is 18.3. The van der Waals surface area contributed by atoms with Gasteiger partial charge < -0.3 is 9.80 Å². The van der Waals surface area contributed by atoms with E-state index < -0.39 is 5.82 Å². The molecule has 2 fully saturated rings. The van der Waals surface area contributed by atoms with Crippen molar-refractivity contribution in [2.24, 2.45) is 0 Å². The van der Waals surface area contributed by atoms with E-state index in [0.29, 0.717) is 36.8 Å². The maximum absolute atomic E-state index is 14.8. The van der Waals surface area contributed by atoms with Crippen LogP contribution in [0.25, 0.3) is 16.4 Å². The van der Waals surface area contributed by atoms with Crippen molar-refractivity contribution in [3.05, 3.63) is 59.3 Å². The van der Waals surface area contributed by atoms with Crippen LogP contribution in [0, 0.1) is 17.1 Å². The quantitative estimate of drug-likeness (QED) is 0.388. The molecule has 3 aromatic heterocycles. The molecule has 0 bridgehead atoms. The summed E-state index contributed by atoms with van der Waals surface area (Å²) in [5.74, 6) is 0.258. The number of likely N-dealkylation sites (tertiary alicyclic amines) is 2. The maximum Gasteiger partial charge on any atom is 0.236 e. The lowest BCUT2D eigenvalue weighted by atomic mass is 9.89. The van der Waals surface area contributed by atoms with Crippen LogP contribution in [-0.2, 0) is 11.3 Å². The fraction of sp³-hybridized carbons (Fsp3) is 0.467. The van der Waals surface area contributed by atoms with E-state index in [1.165, 1.54) is 29.1 Å². The van der Waals surface area contributed by atoms with Crippen LogP contribution in [0.15, 0.2) is 36.5 Å². The van der Waals surface area contributed by atoms with Gasteiger partial charge in [0.05, 0.1) is 42.2 Å². The van der Waals surface area contributed by atoms with Crippen LogP contribution in [-0.4, -0.2) is 74.4 Å². The first-order chi connectivity index (χ1) is 19.5. The zero-order chi connectivity index (χ0) is 27.4. The topological polar surface area (TPSA) is 85.7 Å². The highest BCUT2D eigenvalue weighted by atomic mass is 19.1. The van der Waals surface area contributed by atoms with Gasteiger partial charge in [0.15, 0.2) is 5.82 Å². The lowest BCUT2D eigenvalue weighted by molar-refractivity contribution is -0.133. The molecule has 0 saturated carbocycles. The summed E-state index contributed by atoms with van der Waals surface area (Å²) in [5.41, 5.74) is 4.73. The van der Waals surface area contributed by atoms with Gasteiger partial charge in [-0.05, 0) is 75.4 Å². The van der Waals surface area contributed by atoms with Gasteiger partial charge in [0.1, 0.15) is 17.3 Å². The molecule has 0 aliphatic carbocycles. The van der Waals surface area contributed by atoms with E-state index in [4.69, 9.17) is 5.10 Å². The minimum Gasteiger partial charge on any atom is -0.362 e. The first kappa shape index (κ1) is 25.0. The van der Waals surface area contributed by atoms with E-state index in [0.717, 1.165) is 61.3 Å². The molecule has 3 aliphatic heterocycles. The molecule has 10 heteroatoms. The number of carbonyl (C=O) groups excluding carboxylic acids is 1. The zero-order valence-electron chi connectivity index (χ0n) is 22.8.